The highest BCUT2D eigenvalue weighted by molar-refractivity contribution is 7.65. The van der Waals surface area contributed by atoms with Gasteiger partial charge in [0.25, 0.3) is 0 Å². The predicted octanol–water partition coefficient (Wildman–Crippen LogP) is 5.55. The van der Waals surface area contributed by atoms with Gasteiger partial charge in [0.15, 0.2) is 0 Å². The monoisotopic (exact) mass is 588 g/mol. The van der Waals surface area contributed by atoms with Crippen LogP contribution in [0.15, 0.2) is 12.7 Å². The third kappa shape index (κ3) is 14.6. The summed E-state index contributed by atoms with van der Waals surface area (Å²) in [5, 5.41) is 0. The Morgan fingerprint density at radius 2 is 1.21 bits per heavy atom. The van der Waals surface area contributed by atoms with Crippen LogP contribution in [0, 0.1) is 0 Å². The molecule has 0 bridgehead atoms. The van der Waals surface area contributed by atoms with Crippen LogP contribution in [0.4, 0.5) is 0 Å². The molecule has 0 unspecified atom stereocenters. The Morgan fingerprint density at radius 1 is 0.833 bits per heavy atom. The van der Waals surface area contributed by atoms with Crippen molar-refractivity contribution in [1.29, 1.82) is 0 Å². The van der Waals surface area contributed by atoms with Crippen LogP contribution in [0.3, 0.4) is 0 Å². The Kier molecular flexibility index (Phi) is 12.1. The normalized spacial score (nSPS) is 13.7. The molecular weight excluding hydrogens is 583 g/mol. The van der Waals surface area contributed by atoms with Crippen LogP contribution in [0.2, 0.25) is 6.04 Å². The van der Waals surface area contributed by atoms with Gasteiger partial charge in [-0.25, -0.2) is 4.79 Å². The first-order valence-corrected chi connectivity index (χ1v) is 22.4. The largest absolute Gasteiger partial charge is 0.486 e. The van der Waals surface area contributed by atoms with Gasteiger partial charge >= 0.3 is 33.5 Å². The van der Waals surface area contributed by atoms with E-state index in [9.17, 15) is 4.79 Å². The number of hydrogen-bond donors (Lipinski definition) is 0. The lowest BCUT2D eigenvalue weighted by atomic mass is 10.5. The third-order valence-electron chi connectivity index (χ3n) is 1.85. The maximum atomic E-state index is 11.0. The van der Waals surface area contributed by atoms with Crippen molar-refractivity contribution in [1.82, 2.24) is 0 Å². The van der Waals surface area contributed by atoms with Gasteiger partial charge in [0.05, 0.1) is 6.61 Å². The summed E-state index contributed by atoms with van der Waals surface area (Å²) < 4.78 is 20.8. The van der Waals surface area contributed by atoms with Gasteiger partial charge in [-0.2, -0.15) is 0 Å². The van der Waals surface area contributed by atoms with Gasteiger partial charge in [-0.1, -0.05) is 106 Å². The summed E-state index contributed by atoms with van der Waals surface area (Å²) in [5.74, 6) is -0.632. The molecule has 0 radical (unpaired) electrons. The SMILES string of the molecule is C=CC(=O)OCCC[Si](O[Si](Cl)(Cl)Cl)(O[Si](Cl)(Cl)Cl)O[Si](Cl)(Cl)Cl. The zero-order chi connectivity index (χ0) is 19.2. The van der Waals surface area contributed by atoms with Gasteiger partial charge < -0.3 is 17.1 Å². The van der Waals surface area contributed by atoms with Crippen LogP contribution >= 0.6 is 99.7 Å². The predicted molar refractivity (Wildman–Crippen MR) is 110 cm³/mol. The molecule has 0 aromatic heterocycles. The fraction of sp³-hybridized carbons (Fsp3) is 0.500. The van der Waals surface area contributed by atoms with E-state index in [-0.39, 0.29) is 19.1 Å². The van der Waals surface area contributed by atoms with Crippen molar-refractivity contribution < 1.29 is 21.9 Å². The van der Waals surface area contributed by atoms with Crippen molar-refractivity contribution in [2.75, 3.05) is 6.61 Å². The molecule has 0 N–H and O–H groups in total. The molecule has 0 spiro atoms. The molecule has 0 aromatic carbocycles. The molecular formula is C6H9Cl9O5Si4. The fourth-order valence-electron chi connectivity index (χ4n) is 1.26. The molecule has 0 amide bonds. The number of hydrogen-bond acceptors (Lipinski definition) is 5. The second-order valence-corrected chi connectivity index (χ2v) is 30.4. The van der Waals surface area contributed by atoms with Crippen molar-refractivity contribution >= 4 is 133 Å². The number of rotatable bonds is 11. The first-order valence-electron chi connectivity index (χ1n) is 5.67. The second kappa shape index (κ2) is 10.9. The van der Waals surface area contributed by atoms with E-state index in [1.165, 1.54) is 0 Å². The Morgan fingerprint density at radius 3 is 1.50 bits per heavy atom. The van der Waals surface area contributed by atoms with E-state index in [1.54, 1.807) is 0 Å². The van der Waals surface area contributed by atoms with Crippen LogP contribution in [-0.4, -0.2) is 40.1 Å². The van der Waals surface area contributed by atoms with Crippen molar-refractivity contribution in [2.45, 2.75) is 12.5 Å². The maximum absolute atomic E-state index is 11.0. The van der Waals surface area contributed by atoms with Crippen molar-refractivity contribution in [3.05, 3.63) is 12.7 Å². The summed E-state index contributed by atoms with van der Waals surface area (Å²) in [6.07, 6.45) is -10.2. The van der Waals surface area contributed by atoms with Gasteiger partial charge in [0, 0.05) is 12.1 Å². The zero-order valence-electron chi connectivity index (χ0n) is 11.3. The van der Waals surface area contributed by atoms with E-state index in [2.05, 4.69) is 6.58 Å². The molecule has 18 heteroatoms. The number of halogens is 9. The lowest BCUT2D eigenvalue weighted by molar-refractivity contribution is -0.137. The quantitative estimate of drug-likeness (QED) is 0.104. The first kappa shape index (κ1) is 26.6. The summed E-state index contributed by atoms with van der Waals surface area (Å²) in [6.45, 7) is 3.20. The molecule has 0 atom stereocenters. The van der Waals surface area contributed by atoms with Crippen LogP contribution < -0.4 is 0 Å². The first-order chi connectivity index (χ1) is 10.6. The second-order valence-electron chi connectivity index (χ2n) is 3.80. The number of esters is 1. The molecule has 0 saturated heterocycles. The van der Waals surface area contributed by atoms with E-state index in [0.29, 0.717) is 0 Å². The molecule has 0 heterocycles. The lowest BCUT2D eigenvalue weighted by Gasteiger charge is -2.35. The fourth-order valence-corrected chi connectivity index (χ4v) is 18.4. The molecule has 24 heavy (non-hydrogen) atoms. The van der Waals surface area contributed by atoms with Crippen LogP contribution in [-0.2, 0) is 21.9 Å². The van der Waals surface area contributed by atoms with E-state index >= 15 is 0 Å². The average molecular weight is 593 g/mol. The molecule has 0 rings (SSSR count). The minimum atomic E-state index is -4.00. The summed E-state index contributed by atoms with van der Waals surface area (Å²) in [7, 11) is -4.00. The van der Waals surface area contributed by atoms with Crippen molar-refractivity contribution in [3.8, 4) is 0 Å². The van der Waals surface area contributed by atoms with Crippen molar-refractivity contribution in [3.63, 3.8) is 0 Å². The highest BCUT2D eigenvalue weighted by Crippen LogP contribution is 2.39. The van der Waals surface area contributed by atoms with Gasteiger partial charge in [-0.15, -0.1) is 0 Å². The van der Waals surface area contributed by atoms with Gasteiger partial charge in [-0.3, -0.25) is 0 Å². The smallest absolute Gasteiger partial charge is 0.463 e. The lowest BCUT2D eigenvalue weighted by Crippen LogP contribution is -2.57. The van der Waals surface area contributed by atoms with Crippen LogP contribution in [0.1, 0.15) is 6.42 Å². The minimum absolute atomic E-state index is 0.0556. The Balaban J connectivity index is 5.30. The molecule has 0 fully saturated rings. The molecule has 0 aliphatic carbocycles. The third-order valence-corrected chi connectivity index (χ3v) is 15.6. The topological polar surface area (TPSA) is 54.0 Å². The molecule has 0 saturated carbocycles. The van der Waals surface area contributed by atoms with Crippen LogP contribution in [0.5, 0.6) is 0 Å². The highest BCUT2D eigenvalue weighted by Gasteiger charge is 2.57. The molecule has 5 nitrogen and oxygen atoms in total. The molecule has 0 aromatic rings. The Hall–Kier alpha value is 2.57. The number of carbonyl (C=O) groups is 1. The molecule has 0 aliphatic heterocycles. The minimum Gasteiger partial charge on any atom is -0.463 e. The van der Waals surface area contributed by atoms with E-state index in [4.69, 9.17) is 117 Å². The van der Waals surface area contributed by atoms with Gasteiger partial charge in [0.1, 0.15) is 0 Å². The van der Waals surface area contributed by atoms with E-state index < -0.39 is 33.5 Å². The maximum Gasteiger partial charge on any atom is 0.486 e. The summed E-state index contributed by atoms with van der Waals surface area (Å²) in [5.41, 5.74) is 0. The number of ether oxygens (including phenoxy) is 1. The van der Waals surface area contributed by atoms with E-state index in [0.717, 1.165) is 6.08 Å². The van der Waals surface area contributed by atoms with Crippen molar-refractivity contribution in [2.24, 2.45) is 0 Å². The Labute approximate surface area is 185 Å². The highest BCUT2D eigenvalue weighted by atomic mass is 35.9. The van der Waals surface area contributed by atoms with Crippen LogP contribution in [0.25, 0.3) is 0 Å². The standard InChI is InChI=1S/C6H9Cl9O5Si4/c1-2-6(16)17-4-3-5-21(18-22(7,8)9,19-23(10,11)12)20-24(13,14)15/h2H,1,3-5H2. The van der Waals surface area contributed by atoms with Gasteiger partial charge in [0.2, 0.25) is 0 Å². The summed E-state index contributed by atoms with van der Waals surface area (Å²) in [6, 6.07) is -0.0832. The molecule has 142 valence electrons. The summed E-state index contributed by atoms with van der Waals surface area (Å²) >= 11 is 51.8. The van der Waals surface area contributed by atoms with Gasteiger partial charge in [-0.05, 0) is 6.42 Å². The number of carbonyl (C=O) groups excluding carboxylic acids is 1. The van der Waals surface area contributed by atoms with E-state index in [1.807, 2.05) is 0 Å². The average Bonchev–Trinajstić information content (AvgIpc) is 2.27. The molecule has 0 aliphatic rings. The Bertz CT molecular complexity index is 395. The zero-order valence-corrected chi connectivity index (χ0v) is 22.2. The summed E-state index contributed by atoms with van der Waals surface area (Å²) in [4.78, 5) is 11.0.